The third-order valence-corrected chi connectivity index (χ3v) is 9.24. The van der Waals surface area contributed by atoms with Crippen LogP contribution >= 0.6 is 0 Å². The largest absolute Gasteiger partial charge is 0.422 e. The Morgan fingerprint density at radius 3 is 2.11 bits per heavy atom. The molecule has 4 heteroatoms. The van der Waals surface area contributed by atoms with Crippen LogP contribution in [0.2, 0.25) is 0 Å². The average Bonchev–Trinajstić information content (AvgIpc) is 2.85. The van der Waals surface area contributed by atoms with Gasteiger partial charge < -0.3 is 9.47 Å². The summed E-state index contributed by atoms with van der Waals surface area (Å²) in [5.74, 6) is 1.08. The lowest BCUT2D eigenvalue weighted by Gasteiger charge is -2.61. The molecule has 0 radical (unpaired) electrons. The van der Waals surface area contributed by atoms with Gasteiger partial charge in [0.15, 0.2) is 0 Å². The fraction of sp³-hybridized carbons (Fsp3) is 0.913. The Balaban J connectivity index is 1.66. The molecule has 4 rings (SSSR count). The molecule has 1 unspecified atom stereocenters. The molecule has 6 atom stereocenters. The third kappa shape index (κ3) is 2.76. The van der Waals surface area contributed by atoms with E-state index >= 15 is 0 Å². The van der Waals surface area contributed by atoms with Crippen molar-refractivity contribution in [2.24, 2.45) is 34.5 Å². The molecule has 0 bridgehead atoms. The smallest absolute Gasteiger partial charge is 0.305 e. The van der Waals surface area contributed by atoms with Crippen LogP contribution in [0.5, 0.6) is 0 Å². The van der Waals surface area contributed by atoms with E-state index in [2.05, 4.69) is 13.8 Å². The highest BCUT2D eigenvalue weighted by atomic mass is 16.7. The van der Waals surface area contributed by atoms with Crippen LogP contribution < -0.4 is 0 Å². The van der Waals surface area contributed by atoms with Crippen molar-refractivity contribution in [3.63, 3.8) is 0 Å². The van der Waals surface area contributed by atoms with Crippen molar-refractivity contribution in [2.45, 2.75) is 97.7 Å². The van der Waals surface area contributed by atoms with Gasteiger partial charge in [0, 0.05) is 25.7 Å². The molecule has 0 aromatic carbocycles. The SMILES string of the molecule is CC(=O)OC1(OC(C)=O)CC[C@H]2[C@@H]3CCC4CCCC[C@]4(C)[C@@H]3CC[C@@]21C. The van der Waals surface area contributed by atoms with Gasteiger partial charge >= 0.3 is 11.9 Å². The topological polar surface area (TPSA) is 52.6 Å². The Labute approximate surface area is 163 Å². The Hall–Kier alpha value is -1.06. The zero-order valence-corrected chi connectivity index (χ0v) is 17.5. The zero-order valence-electron chi connectivity index (χ0n) is 17.5. The number of esters is 2. The number of carbonyl (C=O) groups is 2. The summed E-state index contributed by atoms with van der Waals surface area (Å²) in [6.07, 6.45) is 12.0. The Morgan fingerprint density at radius 2 is 1.44 bits per heavy atom. The maximum absolute atomic E-state index is 11.9. The third-order valence-electron chi connectivity index (χ3n) is 9.24. The van der Waals surface area contributed by atoms with E-state index in [0.29, 0.717) is 23.7 Å². The lowest BCUT2D eigenvalue weighted by Crippen LogP contribution is -2.58. The molecule has 4 aliphatic rings. The molecular formula is C23H36O4. The molecule has 4 saturated carbocycles. The second-order valence-corrected chi connectivity index (χ2v) is 10.3. The van der Waals surface area contributed by atoms with Crippen molar-refractivity contribution in [3.05, 3.63) is 0 Å². The second kappa shape index (κ2) is 6.49. The van der Waals surface area contributed by atoms with Crippen molar-refractivity contribution in [2.75, 3.05) is 0 Å². The van der Waals surface area contributed by atoms with Gasteiger partial charge in [0.2, 0.25) is 0 Å². The fourth-order valence-electron chi connectivity index (χ4n) is 8.07. The summed E-state index contributed by atoms with van der Waals surface area (Å²) in [7, 11) is 0. The quantitative estimate of drug-likeness (QED) is 0.488. The van der Waals surface area contributed by atoms with E-state index < -0.39 is 5.79 Å². The highest BCUT2D eigenvalue weighted by Crippen LogP contribution is 2.69. The summed E-state index contributed by atoms with van der Waals surface area (Å²) >= 11 is 0. The molecule has 0 amide bonds. The summed E-state index contributed by atoms with van der Waals surface area (Å²) in [6, 6.07) is 0. The molecule has 27 heavy (non-hydrogen) atoms. The lowest BCUT2D eigenvalue weighted by molar-refractivity contribution is -0.276. The predicted octanol–water partition coefficient (Wildman–Crippen LogP) is 5.24. The van der Waals surface area contributed by atoms with Crippen molar-refractivity contribution in [1.82, 2.24) is 0 Å². The molecule has 0 N–H and O–H groups in total. The number of carbonyl (C=O) groups excluding carboxylic acids is 2. The molecule has 4 fully saturated rings. The van der Waals surface area contributed by atoms with Gasteiger partial charge in [0.1, 0.15) is 0 Å². The highest BCUT2D eigenvalue weighted by Gasteiger charge is 2.68. The Morgan fingerprint density at radius 1 is 0.778 bits per heavy atom. The van der Waals surface area contributed by atoms with Gasteiger partial charge in [0.25, 0.3) is 5.79 Å². The van der Waals surface area contributed by atoms with Crippen molar-refractivity contribution >= 4 is 11.9 Å². The Kier molecular flexibility index (Phi) is 4.63. The maximum Gasteiger partial charge on any atom is 0.305 e. The first-order valence-corrected chi connectivity index (χ1v) is 11.1. The molecule has 0 heterocycles. The van der Waals surface area contributed by atoms with E-state index in [1.54, 1.807) is 0 Å². The zero-order chi connectivity index (χ0) is 19.4. The van der Waals surface area contributed by atoms with Crippen molar-refractivity contribution in [3.8, 4) is 0 Å². The minimum absolute atomic E-state index is 0.261. The van der Waals surface area contributed by atoms with E-state index in [9.17, 15) is 9.59 Å². The first-order valence-electron chi connectivity index (χ1n) is 11.1. The van der Waals surface area contributed by atoms with E-state index in [4.69, 9.17) is 9.47 Å². The van der Waals surface area contributed by atoms with Gasteiger partial charge in [-0.2, -0.15) is 0 Å². The van der Waals surface area contributed by atoms with Gasteiger partial charge in [-0.1, -0.05) is 26.7 Å². The molecule has 4 aliphatic carbocycles. The first kappa shape index (κ1) is 19.3. The van der Waals surface area contributed by atoms with Crippen LogP contribution in [-0.4, -0.2) is 17.7 Å². The molecule has 0 aromatic heterocycles. The van der Waals surface area contributed by atoms with Crippen LogP contribution in [0.1, 0.15) is 91.9 Å². The fourth-order valence-corrected chi connectivity index (χ4v) is 8.07. The van der Waals surface area contributed by atoms with Gasteiger partial charge in [-0.05, 0) is 74.0 Å². The molecule has 0 aliphatic heterocycles. The van der Waals surface area contributed by atoms with Crippen molar-refractivity contribution in [1.29, 1.82) is 0 Å². The molecule has 152 valence electrons. The molecule has 0 spiro atoms. The van der Waals surface area contributed by atoms with Crippen LogP contribution in [0.3, 0.4) is 0 Å². The summed E-state index contributed by atoms with van der Waals surface area (Å²) in [6.45, 7) is 7.66. The predicted molar refractivity (Wildman–Crippen MR) is 103 cm³/mol. The summed E-state index contributed by atoms with van der Waals surface area (Å²) in [5.41, 5.74) is 0.222. The number of fused-ring (bicyclic) bond motifs is 5. The van der Waals surface area contributed by atoms with E-state index in [1.165, 1.54) is 58.8 Å². The molecule has 4 nitrogen and oxygen atoms in total. The first-order chi connectivity index (χ1) is 12.7. The van der Waals surface area contributed by atoms with Crippen LogP contribution in [0.25, 0.3) is 0 Å². The molecular weight excluding hydrogens is 340 g/mol. The molecule has 0 saturated heterocycles. The lowest BCUT2D eigenvalue weighted by atomic mass is 9.45. The normalized spacial score (nSPS) is 45.2. The summed E-state index contributed by atoms with van der Waals surface area (Å²) < 4.78 is 11.6. The van der Waals surface area contributed by atoms with Gasteiger partial charge in [-0.3, -0.25) is 9.59 Å². The number of hydrogen-bond acceptors (Lipinski definition) is 4. The minimum atomic E-state index is -1.06. The number of hydrogen-bond donors (Lipinski definition) is 0. The van der Waals surface area contributed by atoms with Crippen LogP contribution in [0.15, 0.2) is 0 Å². The van der Waals surface area contributed by atoms with Crippen LogP contribution in [0.4, 0.5) is 0 Å². The number of ether oxygens (including phenoxy) is 2. The van der Waals surface area contributed by atoms with Crippen LogP contribution in [0, 0.1) is 34.5 Å². The van der Waals surface area contributed by atoms with E-state index in [1.807, 2.05) is 0 Å². The van der Waals surface area contributed by atoms with Gasteiger partial charge in [-0.15, -0.1) is 0 Å². The Bertz CT molecular complexity index is 612. The maximum atomic E-state index is 11.9. The molecule has 0 aromatic rings. The standard InChI is InChI=1S/C23H36O4/c1-15(24)26-23(27-16(2)25)14-11-20-18-9-8-17-7-5-6-12-21(17,3)19(18)10-13-22(20,23)4/h17-20H,5-14H2,1-4H3/t17?,18-,19-,20+,21+,22+/m1/s1. The monoisotopic (exact) mass is 376 g/mol. The summed E-state index contributed by atoms with van der Waals surface area (Å²) in [4.78, 5) is 23.8. The minimum Gasteiger partial charge on any atom is -0.422 e. The van der Waals surface area contributed by atoms with Crippen molar-refractivity contribution < 1.29 is 19.1 Å². The van der Waals surface area contributed by atoms with E-state index in [0.717, 1.165) is 24.7 Å². The van der Waals surface area contributed by atoms with E-state index in [-0.39, 0.29) is 17.4 Å². The summed E-state index contributed by atoms with van der Waals surface area (Å²) in [5, 5.41) is 0. The van der Waals surface area contributed by atoms with Crippen LogP contribution in [-0.2, 0) is 19.1 Å². The second-order valence-electron chi connectivity index (χ2n) is 10.3. The van der Waals surface area contributed by atoms with Gasteiger partial charge in [0.05, 0.1) is 0 Å². The van der Waals surface area contributed by atoms with Gasteiger partial charge in [-0.25, -0.2) is 0 Å². The number of rotatable bonds is 2. The highest BCUT2D eigenvalue weighted by molar-refractivity contribution is 5.69. The average molecular weight is 377 g/mol.